The zero-order valence-corrected chi connectivity index (χ0v) is 14.2. The van der Waals surface area contributed by atoms with Gasteiger partial charge in [0.2, 0.25) is 0 Å². The SMILES string of the molecule is COc1cc2c(cc1C=CC(=O)C1C(=O)C=C(C)OC1=O)OC(C)C2. The van der Waals surface area contributed by atoms with Gasteiger partial charge in [0, 0.05) is 23.6 Å². The van der Waals surface area contributed by atoms with Gasteiger partial charge in [-0.2, -0.15) is 0 Å². The first kappa shape index (κ1) is 17.0. The van der Waals surface area contributed by atoms with E-state index in [2.05, 4.69) is 0 Å². The number of fused-ring (bicyclic) bond motifs is 1. The normalized spacial score (nSPS) is 22.3. The van der Waals surface area contributed by atoms with E-state index in [1.54, 1.807) is 6.07 Å². The van der Waals surface area contributed by atoms with Crippen LogP contribution < -0.4 is 9.47 Å². The fraction of sp³-hybridized carbons (Fsp3) is 0.316. The number of hydrogen-bond donors (Lipinski definition) is 0. The minimum absolute atomic E-state index is 0.0882. The summed E-state index contributed by atoms with van der Waals surface area (Å²) in [7, 11) is 1.54. The van der Waals surface area contributed by atoms with Crippen LogP contribution in [0.4, 0.5) is 0 Å². The lowest BCUT2D eigenvalue weighted by Gasteiger charge is -2.15. The number of carbonyl (C=O) groups excluding carboxylic acids is 3. The van der Waals surface area contributed by atoms with Crippen LogP contribution in [0.25, 0.3) is 6.08 Å². The Kier molecular flexibility index (Phi) is 4.44. The molecule has 2 aliphatic heterocycles. The van der Waals surface area contributed by atoms with E-state index < -0.39 is 23.5 Å². The lowest BCUT2D eigenvalue weighted by molar-refractivity contribution is -0.151. The summed E-state index contributed by atoms with van der Waals surface area (Å²) in [6.45, 7) is 3.46. The van der Waals surface area contributed by atoms with E-state index in [1.165, 1.54) is 26.2 Å². The molecule has 0 saturated heterocycles. The second-order valence-electron chi connectivity index (χ2n) is 6.08. The summed E-state index contributed by atoms with van der Waals surface area (Å²) in [5.74, 6) is -1.97. The Labute approximate surface area is 145 Å². The molecule has 2 atom stereocenters. The number of ether oxygens (including phenoxy) is 3. The van der Waals surface area contributed by atoms with Crippen LogP contribution in [0, 0.1) is 5.92 Å². The van der Waals surface area contributed by atoms with Crippen molar-refractivity contribution in [3.8, 4) is 11.5 Å². The van der Waals surface area contributed by atoms with Crippen molar-refractivity contribution in [2.24, 2.45) is 5.92 Å². The Balaban J connectivity index is 1.85. The van der Waals surface area contributed by atoms with Crippen LogP contribution in [-0.2, 0) is 25.5 Å². The van der Waals surface area contributed by atoms with E-state index in [1.807, 2.05) is 13.0 Å². The lowest BCUT2D eigenvalue weighted by Crippen LogP contribution is -2.34. The molecule has 0 aliphatic carbocycles. The third-order valence-corrected chi connectivity index (χ3v) is 4.09. The molecule has 0 aromatic heterocycles. The molecule has 1 aromatic rings. The Bertz CT molecular complexity index is 817. The molecule has 130 valence electrons. The standard InChI is InChI=1S/C19H18O6/c1-10-6-13-9-16(23-3)12(8-17(13)24-10)4-5-14(20)18-15(21)7-11(2)25-19(18)22/h4-5,7-10,18H,6H2,1-3H3. The van der Waals surface area contributed by atoms with Crippen LogP contribution in [0.1, 0.15) is 25.0 Å². The summed E-state index contributed by atoms with van der Waals surface area (Å²) in [4.78, 5) is 36.0. The van der Waals surface area contributed by atoms with Crippen molar-refractivity contribution in [2.45, 2.75) is 26.4 Å². The Hall–Kier alpha value is -2.89. The molecule has 2 unspecified atom stereocenters. The lowest BCUT2D eigenvalue weighted by atomic mass is 9.95. The van der Waals surface area contributed by atoms with Crippen molar-refractivity contribution in [1.82, 2.24) is 0 Å². The zero-order valence-electron chi connectivity index (χ0n) is 14.2. The summed E-state index contributed by atoms with van der Waals surface area (Å²) in [5, 5.41) is 0. The van der Waals surface area contributed by atoms with E-state index in [-0.39, 0.29) is 11.9 Å². The first-order valence-electron chi connectivity index (χ1n) is 7.92. The molecule has 1 aromatic carbocycles. The summed E-state index contributed by atoms with van der Waals surface area (Å²) < 4.78 is 15.9. The van der Waals surface area contributed by atoms with Gasteiger partial charge in [-0.1, -0.05) is 0 Å². The molecule has 3 rings (SSSR count). The van der Waals surface area contributed by atoms with Crippen molar-refractivity contribution in [3.63, 3.8) is 0 Å². The fourth-order valence-electron chi connectivity index (χ4n) is 2.93. The van der Waals surface area contributed by atoms with Crippen LogP contribution in [0.3, 0.4) is 0 Å². The fourth-order valence-corrected chi connectivity index (χ4v) is 2.93. The number of methoxy groups -OCH3 is 1. The second kappa shape index (κ2) is 6.55. The molecule has 2 heterocycles. The van der Waals surface area contributed by atoms with Crippen LogP contribution in [0.5, 0.6) is 11.5 Å². The third-order valence-electron chi connectivity index (χ3n) is 4.09. The Morgan fingerprint density at radius 1 is 1.32 bits per heavy atom. The number of esters is 1. The molecule has 6 nitrogen and oxygen atoms in total. The molecule has 25 heavy (non-hydrogen) atoms. The molecule has 0 amide bonds. The van der Waals surface area contributed by atoms with E-state index >= 15 is 0 Å². The number of rotatable bonds is 4. The van der Waals surface area contributed by atoms with Crippen molar-refractivity contribution in [2.75, 3.05) is 7.11 Å². The van der Waals surface area contributed by atoms with E-state index in [0.29, 0.717) is 11.3 Å². The number of benzene rings is 1. The Morgan fingerprint density at radius 3 is 2.76 bits per heavy atom. The maximum Gasteiger partial charge on any atom is 0.329 e. The van der Waals surface area contributed by atoms with Gasteiger partial charge in [0.05, 0.1) is 7.11 Å². The predicted molar refractivity (Wildman–Crippen MR) is 89.2 cm³/mol. The van der Waals surface area contributed by atoms with Crippen LogP contribution in [0.15, 0.2) is 30.0 Å². The molecule has 0 fully saturated rings. The first-order valence-corrected chi connectivity index (χ1v) is 7.92. The molecule has 0 spiro atoms. The van der Waals surface area contributed by atoms with E-state index in [9.17, 15) is 14.4 Å². The molecule has 0 N–H and O–H groups in total. The largest absolute Gasteiger partial charge is 0.496 e. The van der Waals surface area contributed by atoms with Gasteiger partial charge in [-0.15, -0.1) is 0 Å². The maximum atomic E-state index is 12.3. The summed E-state index contributed by atoms with van der Waals surface area (Å²) in [5.41, 5.74) is 1.67. The quantitative estimate of drug-likeness (QED) is 0.474. The van der Waals surface area contributed by atoms with Gasteiger partial charge in [0.1, 0.15) is 23.4 Å². The van der Waals surface area contributed by atoms with Gasteiger partial charge in [0.15, 0.2) is 17.5 Å². The molecule has 0 saturated carbocycles. The highest BCUT2D eigenvalue weighted by Gasteiger charge is 2.36. The summed E-state index contributed by atoms with van der Waals surface area (Å²) >= 11 is 0. The monoisotopic (exact) mass is 342 g/mol. The van der Waals surface area contributed by atoms with Gasteiger partial charge in [-0.25, -0.2) is 0 Å². The third kappa shape index (κ3) is 3.33. The number of carbonyl (C=O) groups is 3. The Morgan fingerprint density at radius 2 is 2.08 bits per heavy atom. The minimum atomic E-state index is -1.45. The number of ketones is 2. The van der Waals surface area contributed by atoms with Gasteiger partial charge in [-0.3, -0.25) is 14.4 Å². The van der Waals surface area contributed by atoms with Gasteiger partial charge in [0.25, 0.3) is 0 Å². The maximum absolute atomic E-state index is 12.3. The number of allylic oxidation sites excluding steroid dienone is 3. The van der Waals surface area contributed by atoms with Crippen LogP contribution in [0.2, 0.25) is 0 Å². The molecule has 0 radical (unpaired) electrons. The van der Waals surface area contributed by atoms with E-state index in [4.69, 9.17) is 14.2 Å². The first-order chi connectivity index (χ1) is 11.9. The zero-order chi connectivity index (χ0) is 18.1. The van der Waals surface area contributed by atoms with Gasteiger partial charge in [-0.05, 0) is 38.1 Å². The van der Waals surface area contributed by atoms with Crippen LogP contribution >= 0.6 is 0 Å². The molecular formula is C19H18O6. The number of cyclic esters (lactones) is 1. The highest BCUT2D eigenvalue weighted by atomic mass is 16.5. The highest BCUT2D eigenvalue weighted by Crippen LogP contribution is 2.35. The van der Waals surface area contributed by atoms with E-state index in [0.717, 1.165) is 23.8 Å². The van der Waals surface area contributed by atoms with Gasteiger partial charge >= 0.3 is 5.97 Å². The molecule has 2 aliphatic rings. The van der Waals surface area contributed by atoms with Crippen molar-refractivity contribution in [1.29, 1.82) is 0 Å². The molecule has 0 bridgehead atoms. The smallest absolute Gasteiger partial charge is 0.329 e. The minimum Gasteiger partial charge on any atom is -0.496 e. The van der Waals surface area contributed by atoms with Crippen molar-refractivity contribution in [3.05, 3.63) is 41.2 Å². The molecule has 6 heteroatoms. The summed E-state index contributed by atoms with van der Waals surface area (Å²) in [6.07, 6.45) is 4.75. The highest BCUT2D eigenvalue weighted by molar-refractivity contribution is 6.25. The van der Waals surface area contributed by atoms with Crippen molar-refractivity contribution >= 4 is 23.6 Å². The summed E-state index contributed by atoms with van der Waals surface area (Å²) in [6, 6.07) is 3.65. The average molecular weight is 342 g/mol. The van der Waals surface area contributed by atoms with Crippen LogP contribution in [-0.4, -0.2) is 30.7 Å². The second-order valence-corrected chi connectivity index (χ2v) is 6.08. The molecular weight excluding hydrogens is 324 g/mol. The predicted octanol–water partition coefficient (Wildman–Crippen LogP) is 2.25. The topological polar surface area (TPSA) is 78.9 Å². The number of hydrogen-bond acceptors (Lipinski definition) is 6. The van der Waals surface area contributed by atoms with Gasteiger partial charge < -0.3 is 14.2 Å². The van der Waals surface area contributed by atoms with Crippen molar-refractivity contribution < 1.29 is 28.6 Å². The average Bonchev–Trinajstić information content (AvgIpc) is 2.89.